The van der Waals surface area contributed by atoms with Crippen LogP contribution in [0.4, 0.5) is 4.39 Å². The molecule has 142 valence electrons. The van der Waals surface area contributed by atoms with Crippen LogP contribution in [0.2, 0.25) is 0 Å². The molecule has 0 unspecified atom stereocenters. The Morgan fingerprint density at radius 1 is 0.821 bits per heavy atom. The summed E-state index contributed by atoms with van der Waals surface area (Å²) in [6.07, 6.45) is 1.49. The first-order valence-corrected chi connectivity index (χ1v) is 10.2. The van der Waals surface area contributed by atoms with Crippen LogP contribution in [0.5, 0.6) is 0 Å². The van der Waals surface area contributed by atoms with Gasteiger partial charge in [0.15, 0.2) is 0 Å². The van der Waals surface area contributed by atoms with Gasteiger partial charge in [0.2, 0.25) is 10.0 Å². The van der Waals surface area contributed by atoms with Crippen LogP contribution in [0.25, 0.3) is 10.8 Å². The first kappa shape index (κ1) is 18.4. The standard InChI is InChI=1S/C22H18FNO3S/c23-21-12-3-4-13-22(21)28(25,26)24(16-19-10-6-14-27-19)15-18-9-5-8-17-7-1-2-11-20(17)18/h1-14H,15-16H2. The van der Waals surface area contributed by atoms with Gasteiger partial charge in [-0.2, -0.15) is 4.31 Å². The van der Waals surface area contributed by atoms with Gasteiger partial charge < -0.3 is 4.42 Å². The molecule has 0 N–H and O–H groups in total. The predicted molar refractivity (Wildman–Crippen MR) is 105 cm³/mol. The SMILES string of the molecule is O=S(=O)(c1ccccc1F)N(Cc1ccco1)Cc1cccc2ccccc12. The van der Waals surface area contributed by atoms with Crippen LogP contribution in [0.15, 0.2) is 94.4 Å². The fraction of sp³-hybridized carbons (Fsp3) is 0.0909. The number of furan rings is 1. The first-order valence-electron chi connectivity index (χ1n) is 8.79. The number of hydrogen-bond acceptors (Lipinski definition) is 3. The maximum atomic E-state index is 14.3. The van der Waals surface area contributed by atoms with Crippen molar-refractivity contribution in [2.75, 3.05) is 0 Å². The third-order valence-electron chi connectivity index (χ3n) is 4.59. The van der Waals surface area contributed by atoms with E-state index in [9.17, 15) is 12.8 Å². The molecule has 6 heteroatoms. The van der Waals surface area contributed by atoms with Crippen molar-refractivity contribution in [3.63, 3.8) is 0 Å². The van der Waals surface area contributed by atoms with Crippen LogP contribution in [0, 0.1) is 5.82 Å². The molecule has 0 aliphatic carbocycles. The number of fused-ring (bicyclic) bond motifs is 1. The number of hydrogen-bond donors (Lipinski definition) is 0. The smallest absolute Gasteiger partial charge is 0.246 e. The molecule has 0 bridgehead atoms. The summed E-state index contributed by atoms with van der Waals surface area (Å²) in [6.45, 7) is 0.103. The summed E-state index contributed by atoms with van der Waals surface area (Å²) in [5.74, 6) is -0.287. The van der Waals surface area contributed by atoms with Crippen LogP contribution in [-0.4, -0.2) is 12.7 Å². The lowest BCUT2D eigenvalue weighted by Crippen LogP contribution is -2.30. The van der Waals surface area contributed by atoms with Gasteiger partial charge in [-0.1, -0.05) is 54.6 Å². The molecule has 0 saturated carbocycles. The number of rotatable bonds is 6. The fourth-order valence-corrected chi connectivity index (χ4v) is 4.67. The van der Waals surface area contributed by atoms with E-state index in [1.54, 1.807) is 12.1 Å². The van der Waals surface area contributed by atoms with Gasteiger partial charge >= 0.3 is 0 Å². The molecule has 0 fully saturated rings. The average Bonchev–Trinajstić information content (AvgIpc) is 3.21. The summed E-state index contributed by atoms with van der Waals surface area (Å²) >= 11 is 0. The molecule has 0 aliphatic rings. The topological polar surface area (TPSA) is 50.5 Å². The van der Waals surface area contributed by atoms with Gasteiger partial charge in [0.05, 0.1) is 12.8 Å². The van der Waals surface area contributed by atoms with Gasteiger partial charge in [-0.05, 0) is 40.6 Å². The van der Waals surface area contributed by atoms with Gasteiger partial charge in [0.25, 0.3) is 0 Å². The Morgan fingerprint density at radius 2 is 1.57 bits per heavy atom. The van der Waals surface area contributed by atoms with E-state index in [2.05, 4.69) is 0 Å². The second-order valence-electron chi connectivity index (χ2n) is 6.42. The molecule has 1 aromatic heterocycles. The van der Waals surface area contributed by atoms with Crippen LogP contribution >= 0.6 is 0 Å². The molecule has 3 aromatic carbocycles. The van der Waals surface area contributed by atoms with E-state index in [4.69, 9.17) is 4.42 Å². The summed E-state index contributed by atoms with van der Waals surface area (Å²) in [7, 11) is -4.08. The van der Waals surface area contributed by atoms with Crippen molar-refractivity contribution < 1.29 is 17.2 Å². The van der Waals surface area contributed by atoms with Crippen molar-refractivity contribution in [3.8, 4) is 0 Å². The Bertz CT molecular complexity index is 1200. The summed E-state index contributed by atoms with van der Waals surface area (Å²) in [5, 5.41) is 1.97. The van der Waals surface area contributed by atoms with E-state index in [0.29, 0.717) is 5.76 Å². The van der Waals surface area contributed by atoms with Gasteiger partial charge in [-0.25, -0.2) is 12.8 Å². The van der Waals surface area contributed by atoms with E-state index in [0.717, 1.165) is 22.4 Å². The number of nitrogens with zero attached hydrogens (tertiary/aromatic N) is 1. The summed E-state index contributed by atoms with van der Waals surface area (Å²) in [5.41, 5.74) is 0.838. The summed E-state index contributed by atoms with van der Waals surface area (Å²) < 4.78 is 47.4. The first-order chi connectivity index (χ1) is 13.6. The highest BCUT2D eigenvalue weighted by molar-refractivity contribution is 7.89. The van der Waals surface area contributed by atoms with Crippen molar-refractivity contribution in [2.24, 2.45) is 0 Å². The van der Waals surface area contributed by atoms with Gasteiger partial charge in [-0.3, -0.25) is 0 Å². The highest BCUT2D eigenvalue weighted by Crippen LogP contribution is 2.26. The number of halogens is 1. The Hall–Kier alpha value is -2.96. The molecule has 4 nitrogen and oxygen atoms in total. The normalized spacial score (nSPS) is 11.9. The zero-order valence-electron chi connectivity index (χ0n) is 15.0. The highest BCUT2D eigenvalue weighted by Gasteiger charge is 2.28. The quantitative estimate of drug-likeness (QED) is 0.463. The van der Waals surface area contributed by atoms with E-state index in [1.807, 2.05) is 42.5 Å². The molecule has 1 heterocycles. The van der Waals surface area contributed by atoms with E-state index >= 15 is 0 Å². The van der Waals surface area contributed by atoms with Crippen molar-refractivity contribution in [2.45, 2.75) is 18.0 Å². The fourth-order valence-electron chi connectivity index (χ4n) is 3.22. The molecule has 0 amide bonds. The highest BCUT2D eigenvalue weighted by atomic mass is 32.2. The lowest BCUT2D eigenvalue weighted by Gasteiger charge is -2.22. The van der Waals surface area contributed by atoms with Crippen LogP contribution in [0.1, 0.15) is 11.3 Å². The minimum absolute atomic E-state index is 0.00683. The second kappa shape index (κ2) is 7.58. The molecule has 28 heavy (non-hydrogen) atoms. The molecular weight excluding hydrogens is 377 g/mol. The van der Waals surface area contributed by atoms with Crippen molar-refractivity contribution in [3.05, 3.63) is 102 Å². The molecule has 0 aliphatic heterocycles. The van der Waals surface area contributed by atoms with Gasteiger partial charge in [-0.15, -0.1) is 0 Å². The van der Waals surface area contributed by atoms with Crippen LogP contribution in [0.3, 0.4) is 0 Å². The third-order valence-corrected chi connectivity index (χ3v) is 6.42. The van der Waals surface area contributed by atoms with Gasteiger partial charge in [0, 0.05) is 6.54 Å². The number of sulfonamides is 1. The zero-order valence-corrected chi connectivity index (χ0v) is 15.8. The lowest BCUT2D eigenvalue weighted by atomic mass is 10.0. The molecule has 0 spiro atoms. The maximum absolute atomic E-state index is 14.3. The van der Waals surface area contributed by atoms with Gasteiger partial charge in [0.1, 0.15) is 16.5 Å². The van der Waals surface area contributed by atoms with Crippen molar-refractivity contribution >= 4 is 20.8 Å². The van der Waals surface area contributed by atoms with E-state index in [1.165, 1.54) is 28.8 Å². The number of benzene rings is 3. The molecule has 0 atom stereocenters. The molecule has 4 aromatic rings. The van der Waals surface area contributed by atoms with Crippen molar-refractivity contribution in [1.82, 2.24) is 4.31 Å². The summed E-state index contributed by atoms with van der Waals surface area (Å²) in [6, 6.07) is 22.3. The Kier molecular flexibility index (Phi) is 4.98. The molecule has 0 saturated heterocycles. The Labute approximate surface area is 162 Å². The minimum atomic E-state index is -4.08. The zero-order chi connectivity index (χ0) is 19.6. The average molecular weight is 395 g/mol. The van der Waals surface area contributed by atoms with Crippen molar-refractivity contribution in [1.29, 1.82) is 0 Å². The largest absolute Gasteiger partial charge is 0.468 e. The minimum Gasteiger partial charge on any atom is -0.468 e. The molecule has 4 rings (SSSR count). The lowest BCUT2D eigenvalue weighted by molar-refractivity contribution is 0.357. The third kappa shape index (κ3) is 3.56. The van der Waals surface area contributed by atoms with E-state index in [-0.39, 0.29) is 18.0 Å². The Balaban J connectivity index is 1.79. The molecular formula is C22H18FNO3S. The second-order valence-corrected chi connectivity index (χ2v) is 8.33. The van der Waals surface area contributed by atoms with Crippen LogP contribution < -0.4 is 0 Å². The molecule has 0 radical (unpaired) electrons. The van der Waals surface area contributed by atoms with E-state index < -0.39 is 15.8 Å². The maximum Gasteiger partial charge on any atom is 0.246 e. The predicted octanol–water partition coefficient (Wildman–Crippen LogP) is 4.96. The summed E-state index contributed by atoms with van der Waals surface area (Å²) in [4.78, 5) is -0.346. The Morgan fingerprint density at radius 3 is 2.36 bits per heavy atom. The monoisotopic (exact) mass is 395 g/mol. The van der Waals surface area contributed by atoms with Crippen LogP contribution in [-0.2, 0) is 23.1 Å².